The minimum absolute atomic E-state index is 0.0341. The van der Waals surface area contributed by atoms with Crippen molar-refractivity contribution in [2.45, 2.75) is 24.8 Å². The van der Waals surface area contributed by atoms with E-state index in [1.54, 1.807) is 48.5 Å². The highest BCUT2D eigenvalue weighted by Gasteiger charge is 2.16. The van der Waals surface area contributed by atoms with Crippen molar-refractivity contribution in [3.05, 3.63) is 59.7 Å². The number of hydrogen-bond acceptors (Lipinski definition) is 6. The summed E-state index contributed by atoms with van der Waals surface area (Å²) in [6.45, 7) is 3.27. The first kappa shape index (κ1) is 23.9. The lowest BCUT2D eigenvalue weighted by Gasteiger charge is -2.11. The van der Waals surface area contributed by atoms with Gasteiger partial charge in [-0.3, -0.25) is 14.4 Å². The topological polar surface area (TPSA) is 114 Å². The molecule has 0 aliphatic rings. The van der Waals surface area contributed by atoms with Crippen molar-refractivity contribution in [3.8, 4) is 0 Å². The average Bonchev–Trinajstić information content (AvgIpc) is 2.75. The van der Waals surface area contributed by atoms with E-state index in [9.17, 15) is 19.2 Å². The Kier molecular flexibility index (Phi) is 9.08. The number of carbonyl (C=O) groups is 4. The van der Waals surface area contributed by atoms with E-state index < -0.39 is 18.5 Å². The van der Waals surface area contributed by atoms with Crippen molar-refractivity contribution in [3.63, 3.8) is 0 Å². The SMILES string of the molecule is CNC(=O)c1ccc(NC(=O)COC(=O)c2ccccc2SCC(=O)NC(C)C)cc1. The maximum atomic E-state index is 12.4. The molecule has 3 amide bonds. The molecule has 0 saturated heterocycles. The van der Waals surface area contributed by atoms with E-state index in [1.807, 2.05) is 13.8 Å². The van der Waals surface area contributed by atoms with Crippen molar-refractivity contribution < 1.29 is 23.9 Å². The summed E-state index contributed by atoms with van der Waals surface area (Å²) < 4.78 is 5.12. The largest absolute Gasteiger partial charge is 0.452 e. The Labute approximate surface area is 185 Å². The lowest BCUT2D eigenvalue weighted by atomic mass is 10.2. The smallest absolute Gasteiger partial charge is 0.339 e. The van der Waals surface area contributed by atoms with Crippen LogP contribution in [0.1, 0.15) is 34.6 Å². The number of anilines is 1. The maximum absolute atomic E-state index is 12.4. The fourth-order valence-corrected chi connectivity index (χ4v) is 3.37. The van der Waals surface area contributed by atoms with E-state index in [-0.39, 0.29) is 29.2 Å². The van der Waals surface area contributed by atoms with Crippen LogP contribution in [0.5, 0.6) is 0 Å². The summed E-state index contributed by atoms with van der Waals surface area (Å²) in [6, 6.07) is 13.1. The summed E-state index contributed by atoms with van der Waals surface area (Å²) >= 11 is 1.22. The molecule has 0 heterocycles. The molecule has 0 aliphatic heterocycles. The van der Waals surface area contributed by atoms with Crippen LogP contribution in [0.4, 0.5) is 5.69 Å². The van der Waals surface area contributed by atoms with Crippen molar-refractivity contribution in [1.29, 1.82) is 0 Å². The number of hydrogen-bond donors (Lipinski definition) is 3. The first-order valence-electron chi connectivity index (χ1n) is 9.60. The molecule has 0 bridgehead atoms. The van der Waals surface area contributed by atoms with Crippen LogP contribution in [0.15, 0.2) is 53.4 Å². The molecule has 3 N–H and O–H groups in total. The van der Waals surface area contributed by atoms with Crippen molar-refractivity contribution >= 4 is 41.1 Å². The van der Waals surface area contributed by atoms with E-state index in [1.165, 1.54) is 18.8 Å². The van der Waals surface area contributed by atoms with Crippen molar-refractivity contribution in [2.24, 2.45) is 0 Å². The molecule has 2 aromatic rings. The van der Waals surface area contributed by atoms with E-state index in [4.69, 9.17) is 4.74 Å². The van der Waals surface area contributed by atoms with Gasteiger partial charge in [0.05, 0.1) is 11.3 Å². The van der Waals surface area contributed by atoms with E-state index >= 15 is 0 Å². The molecule has 0 fully saturated rings. The number of rotatable bonds is 9. The quantitative estimate of drug-likeness (QED) is 0.405. The van der Waals surface area contributed by atoms with Crippen LogP contribution in [-0.2, 0) is 14.3 Å². The second-order valence-electron chi connectivity index (χ2n) is 6.79. The van der Waals surface area contributed by atoms with Gasteiger partial charge in [-0.1, -0.05) is 12.1 Å². The van der Waals surface area contributed by atoms with Gasteiger partial charge in [0.1, 0.15) is 0 Å². The summed E-state index contributed by atoms with van der Waals surface area (Å²) in [6.07, 6.45) is 0. The fraction of sp³-hybridized carbons (Fsp3) is 0.273. The summed E-state index contributed by atoms with van der Waals surface area (Å²) in [5.41, 5.74) is 1.22. The Morgan fingerprint density at radius 1 is 0.968 bits per heavy atom. The Morgan fingerprint density at radius 3 is 2.29 bits per heavy atom. The van der Waals surface area contributed by atoms with Gasteiger partial charge in [0.2, 0.25) is 5.91 Å². The monoisotopic (exact) mass is 443 g/mol. The molecule has 0 spiro atoms. The van der Waals surface area contributed by atoms with Gasteiger partial charge in [-0.05, 0) is 50.2 Å². The summed E-state index contributed by atoms with van der Waals surface area (Å²) in [5, 5.41) is 7.90. The van der Waals surface area contributed by atoms with E-state index in [0.717, 1.165) is 0 Å². The molecule has 9 heteroatoms. The molecule has 0 aliphatic carbocycles. The Morgan fingerprint density at radius 2 is 1.65 bits per heavy atom. The van der Waals surface area contributed by atoms with Crippen LogP contribution in [0.25, 0.3) is 0 Å². The van der Waals surface area contributed by atoms with Gasteiger partial charge in [0, 0.05) is 29.2 Å². The summed E-state index contributed by atoms with van der Waals surface area (Å²) in [7, 11) is 1.53. The number of amides is 3. The number of carbonyl (C=O) groups excluding carboxylic acids is 4. The molecular weight excluding hydrogens is 418 g/mol. The van der Waals surface area contributed by atoms with Gasteiger partial charge >= 0.3 is 5.97 Å². The van der Waals surface area contributed by atoms with Crippen LogP contribution in [0.2, 0.25) is 0 Å². The van der Waals surface area contributed by atoms with Crippen LogP contribution >= 0.6 is 11.8 Å². The second kappa shape index (κ2) is 11.8. The van der Waals surface area contributed by atoms with Crippen LogP contribution in [-0.4, -0.2) is 49.1 Å². The Bertz CT molecular complexity index is 944. The van der Waals surface area contributed by atoms with Crippen molar-refractivity contribution in [2.75, 3.05) is 24.7 Å². The third kappa shape index (κ3) is 7.78. The fourth-order valence-electron chi connectivity index (χ4n) is 2.52. The predicted octanol–water partition coefficient (Wildman–Crippen LogP) is 2.46. The summed E-state index contributed by atoms with van der Waals surface area (Å²) in [4.78, 5) is 48.5. The molecule has 2 aromatic carbocycles. The molecule has 0 radical (unpaired) electrons. The molecule has 0 atom stereocenters. The van der Waals surface area contributed by atoms with Gasteiger partial charge < -0.3 is 20.7 Å². The second-order valence-corrected chi connectivity index (χ2v) is 7.81. The lowest BCUT2D eigenvalue weighted by Crippen LogP contribution is -2.31. The lowest BCUT2D eigenvalue weighted by molar-refractivity contribution is -0.119. The van der Waals surface area contributed by atoms with Crippen molar-refractivity contribution in [1.82, 2.24) is 10.6 Å². The molecule has 0 unspecified atom stereocenters. The van der Waals surface area contributed by atoms with Gasteiger partial charge in [0.15, 0.2) is 6.61 Å². The highest BCUT2D eigenvalue weighted by Crippen LogP contribution is 2.23. The molecular formula is C22H25N3O5S. The molecule has 164 valence electrons. The number of ether oxygens (including phenoxy) is 1. The normalized spacial score (nSPS) is 10.3. The maximum Gasteiger partial charge on any atom is 0.339 e. The molecule has 8 nitrogen and oxygen atoms in total. The van der Waals surface area contributed by atoms with Gasteiger partial charge in [-0.15, -0.1) is 11.8 Å². The molecule has 0 saturated carbocycles. The van der Waals surface area contributed by atoms with E-state index in [2.05, 4.69) is 16.0 Å². The van der Waals surface area contributed by atoms with E-state index in [0.29, 0.717) is 16.1 Å². The summed E-state index contributed by atoms with van der Waals surface area (Å²) in [5.74, 6) is -1.37. The molecule has 31 heavy (non-hydrogen) atoms. The Hall–Kier alpha value is -3.33. The van der Waals surface area contributed by atoms with Crippen LogP contribution in [0.3, 0.4) is 0 Å². The molecule has 2 rings (SSSR count). The minimum atomic E-state index is -0.655. The zero-order chi connectivity index (χ0) is 22.8. The zero-order valence-electron chi connectivity index (χ0n) is 17.6. The van der Waals surface area contributed by atoms with Crippen LogP contribution in [0, 0.1) is 0 Å². The van der Waals surface area contributed by atoms with Gasteiger partial charge in [-0.2, -0.15) is 0 Å². The number of nitrogens with one attached hydrogen (secondary N) is 3. The third-order valence-corrected chi connectivity index (χ3v) is 4.98. The first-order chi connectivity index (χ1) is 14.8. The van der Waals surface area contributed by atoms with Gasteiger partial charge in [0.25, 0.3) is 11.8 Å². The van der Waals surface area contributed by atoms with Gasteiger partial charge in [-0.25, -0.2) is 4.79 Å². The average molecular weight is 444 g/mol. The number of benzene rings is 2. The first-order valence-corrected chi connectivity index (χ1v) is 10.6. The number of esters is 1. The van der Waals surface area contributed by atoms with Crippen LogP contribution < -0.4 is 16.0 Å². The zero-order valence-corrected chi connectivity index (χ0v) is 18.4. The standard InChI is InChI=1S/C22H25N3O5S/c1-14(2)24-20(27)13-31-18-7-5-4-6-17(18)22(29)30-12-19(26)25-16-10-8-15(9-11-16)21(28)23-3/h4-11,14H,12-13H2,1-3H3,(H,23,28)(H,24,27)(H,25,26). The third-order valence-electron chi connectivity index (χ3n) is 3.91. The number of thioether (sulfide) groups is 1. The highest BCUT2D eigenvalue weighted by molar-refractivity contribution is 8.00. The predicted molar refractivity (Wildman–Crippen MR) is 119 cm³/mol. The Balaban J connectivity index is 1.90. The molecule has 0 aromatic heterocycles. The highest BCUT2D eigenvalue weighted by atomic mass is 32.2. The minimum Gasteiger partial charge on any atom is -0.452 e.